The van der Waals surface area contributed by atoms with Crippen molar-refractivity contribution in [1.82, 2.24) is 9.88 Å². The van der Waals surface area contributed by atoms with Crippen LogP contribution < -0.4 is 15.5 Å². The Bertz CT molecular complexity index is 719. The summed E-state index contributed by atoms with van der Waals surface area (Å²) in [5.41, 5.74) is 2.53. The fourth-order valence-electron chi connectivity index (χ4n) is 2.93. The number of carbonyl (C=O) groups is 1. The van der Waals surface area contributed by atoms with Gasteiger partial charge >= 0.3 is 0 Å². The van der Waals surface area contributed by atoms with Gasteiger partial charge in [-0.3, -0.25) is 4.79 Å². The molecule has 0 atom stereocenters. The third-order valence-electron chi connectivity index (χ3n) is 4.46. The molecule has 2 aromatic rings. The summed E-state index contributed by atoms with van der Waals surface area (Å²) in [6.07, 6.45) is 1.60. The molecule has 2 N–H and O–H groups in total. The van der Waals surface area contributed by atoms with E-state index in [2.05, 4.69) is 44.6 Å². The summed E-state index contributed by atoms with van der Waals surface area (Å²) in [6.45, 7) is 8.32. The molecule has 0 radical (unpaired) electrons. The predicted octanol–water partition coefficient (Wildman–Crippen LogP) is 2.91. The summed E-state index contributed by atoms with van der Waals surface area (Å²) < 4.78 is 0. The van der Waals surface area contributed by atoms with Crippen molar-refractivity contribution < 1.29 is 4.79 Å². The molecule has 1 aromatic heterocycles. The average Bonchev–Trinajstić information content (AvgIpc) is 2.63. The van der Waals surface area contributed by atoms with Gasteiger partial charge in [-0.2, -0.15) is 0 Å². The number of amides is 1. The Morgan fingerprint density at radius 2 is 1.73 bits per heavy atom. The summed E-state index contributed by atoms with van der Waals surface area (Å²) in [5, 5.41) is 6.14. The van der Waals surface area contributed by atoms with E-state index < -0.39 is 0 Å². The van der Waals surface area contributed by atoms with Crippen LogP contribution in [0.15, 0.2) is 42.6 Å². The molecule has 1 fully saturated rings. The topological polar surface area (TPSA) is 60.5 Å². The quantitative estimate of drug-likeness (QED) is 0.865. The van der Waals surface area contributed by atoms with E-state index in [9.17, 15) is 4.79 Å². The number of hydrogen-bond acceptors (Lipinski definition) is 5. The van der Waals surface area contributed by atoms with E-state index >= 15 is 0 Å². The lowest BCUT2D eigenvalue weighted by Crippen LogP contribution is -2.44. The molecule has 0 aliphatic carbocycles. The van der Waals surface area contributed by atoms with Crippen molar-refractivity contribution in [2.24, 2.45) is 0 Å². The van der Waals surface area contributed by atoms with E-state index in [0.29, 0.717) is 11.6 Å². The SMILES string of the molecule is CC(C)Nc1ccc(C(=O)Nc2ccc(N3CCN(C)CC3)cc2)cn1. The highest BCUT2D eigenvalue weighted by atomic mass is 16.1. The van der Waals surface area contributed by atoms with Gasteiger partial charge in [0.1, 0.15) is 5.82 Å². The zero-order chi connectivity index (χ0) is 18.5. The van der Waals surface area contributed by atoms with E-state index in [4.69, 9.17) is 0 Å². The second-order valence-corrected chi connectivity index (χ2v) is 7.02. The van der Waals surface area contributed by atoms with Crippen molar-refractivity contribution in [3.8, 4) is 0 Å². The molecule has 1 aliphatic rings. The average molecular weight is 353 g/mol. The van der Waals surface area contributed by atoms with Gasteiger partial charge in [-0.1, -0.05) is 0 Å². The third kappa shape index (κ3) is 4.73. The summed E-state index contributed by atoms with van der Waals surface area (Å²) >= 11 is 0. The van der Waals surface area contributed by atoms with Gasteiger partial charge in [-0.15, -0.1) is 0 Å². The summed E-state index contributed by atoms with van der Waals surface area (Å²) in [5.74, 6) is 0.619. The Labute approximate surface area is 155 Å². The molecule has 0 unspecified atom stereocenters. The van der Waals surface area contributed by atoms with Crippen LogP contribution in [-0.4, -0.2) is 55.1 Å². The number of benzene rings is 1. The molecule has 1 aliphatic heterocycles. The molecule has 138 valence electrons. The second kappa shape index (κ2) is 8.19. The highest BCUT2D eigenvalue weighted by molar-refractivity contribution is 6.04. The van der Waals surface area contributed by atoms with Crippen molar-refractivity contribution in [1.29, 1.82) is 0 Å². The Morgan fingerprint density at radius 1 is 1.04 bits per heavy atom. The number of rotatable bonds is 5. The number of piperazine rings is 1. The molecule has 1 amide bonds. The van der Waals surface area contributed by atoms with Gasteiger partial charge in [0.2, 0.25) is 0 Å². The highest BCUT2D eigenvalue weighted by Gasteiger charge is 2.14. The maximum absolute atomic E-state index is 12.4. The van der Waals surface area contributed by atoms with Crippen LogP contribution in [0.25, 0.3) is 0 Å². The van der Waals surface area contributed by atoms with Crippen LogP contribution in [0, 0.1) is 0 Å². The van der Waals surface area contributed by atoms with E-state index in [1.54, 1.807) is 12.3 Å². The fourth-order valence-corrected chi connectivity index (χ4v) is 2.93. The number of nitrogens with one attached hydrogen (secondary N) is 2. The molecular formula is C20H27N5O. The molecule has 0 bridgehead atoms. The first kappa shape index (κ1) is 18.2. The monoisotopic (exact) mass is 353 g/mol. The van der Waals surface area contributed by atoms with Crippen molar-refractivity contribution >= 4 is 23.1 Å². The second-order valence-electron chi connectivity index (χ2n) is 7.02. The van der Waals surface area contributed by atoms with Crippen LogP contribution in [-0.2, 0) is 0 Å². The number of hydrogen-bond donors (Lipinski definition) is 2. The molecule has 2 heterocycles. The first-order chi connectivity index (χ1) is 12.5. The molecule has 0 saturated carbocycles. The lowest BCUT2D eigenvalue weighted by molar-refractivity contribution is 0.102. The summed E-state index contributed by atoms with van der Waals surface area (Å²) in [6, 6.07) is 11.9. The summed E-state index contributed by atoms with van der Waals surface area (Å²) in [7, 11) is 2.15. The number of carbonyl (C=O) groups excluding carboxylic acids is 1. The first-order valence-corrected chi connectivity index (χ1v) is 9.09. The van der Waals surface area contributed by atoms with Crippen molar-refractivity contribution in [3.05, 3.63) is 48.2 Å². The minimum absolute atomic E-state index is 0.152. The molecule has 0 spiro atoms. The third-order valence-corrected chi connectivity index (χ3v) is 4.46. The van der Waals surface area contributed by atoms with Crippen LogP contribution in [0.3, 0.4) is 0 Å². The van der Waals surface area contributed by atoms with Gasteiger partial charge in [0.05, 0.1) is 5.56 Å². The Hall–Kier alpha value is -2.60. The van der Waals surface area contributed by atoms with Crippen molar-refractivity contribution in [2.75, 3.05) is 48.8 Å². The lowest BCUT2D eigenvalue weighted by atomic mass is 10.2. The normalized spacial score (nSPS) is 15.2. The first-order valence-electron chi connectivity index (χ1n) is 9.09. The van der Waals surface area contributed by atoms with E-state index in [1.807, 2.05) is 32.0 Å². The molecular weight excluding hydrogens is 326 g/mol. The van der Waals surface area contributed by atoms with Crippen LogP contribution >= 0.6 is 0 Å². The van der Waals surface area contributed by atoms with E-state index in [-0.39, 0.29) is 5.91 Å². The minimum atomic E-state index is -0.152. The van der Waals surface area contributed by atoms with Gasteiger partial charge < -0.3 is 20.4 Å². The highest BCUT2D eigenvalue weighted by Crippen LogP contribution is 2.20. The molecule has 1 aromatic carbocycles. The van der Waals surface area contributed by atoms with Crippen LogP contribution in [0.4, 0.5) is 17.2 Å². The van der Waals surface area contributed by atoms with Crippen molar-refractivity contribution in [3.63, 3.8) is 0 Å². The zero-order valence-electron chi connectivity index (χ0n) is 15.7. The van der Waals surface area contributed by atoms with E-state index in [1.165, 1.54) is 5.69 Å². The summed E-state index contributed by atoms with van der Waals surface area (Å²) in [4.78, 5) is 21.4. The maximum Gasteiger partial charge on any atom is 0.257 e. The minimum Gasteiger partial charge on any atom is -0.369 e. The maximum atomic E-state index is 12.4. The van der Waals surface area contributed by atoms with Gasteiger partial charge in [0.25, 0.3) is 5.91 Å². The van der Waals surface area contributed by atoms with Gasteiger partial charge in [-0.05, 0) is 57.3 Å². The van der Waals surface area contributed by atoms with Gasteiger partial charge in [0.15, 0.2) is 0 Å². The van der Waals surface area contributed by atoms with Crippen LogP contribution in [0.5, 0.6) is 0 Å². The number of nitrogens with zero attached hydrogens (tertiary/aromatic N) is 3. The molecule has 26 heavy (non-hydrogen) atoms. The molecule has 3 rings (SSSR count). The van der Waals surface area contributed by atoms with E-state index in [0.717, 1.165) is 37.7 Å². The smallest absolute Gasteiger partial charge is 0.257 e. The number of likely N-dealkylation sites (N-methyl/N-ethyl adjacent to an activating group) is 1. The molecule has 6 heteroatoms. The zero-order valence-corrected chi connectivity index (χ0v) is 15.7. The standard InChI is InChI=1S/C20H27N5O/c1-15(2)22-19-9-4-16(14-21-19)20(26)23-17-5-7-18(8-6-17)25-12-10-24(3)11-13-25/h4-9,14-15H,10-13H2,1-3H3,(H,21,22)(H,23,26). The lowest BCUT2D eigenvalue weighted by Gasteiger charge is -2.34. The van der Waals surface area contributed by atoms with Crippen molar-refractivity contribution in [2.45, 2.75) is 19.9 Å². The fraction of sp³-hybridized carbons (Fsp3) is 0.400. The van der Waals surface area contributed by atoms with Crippen LogP contribution in [0.2, 0.25) is 0 Å². The molecule has 1 saturated heterocycles. The van der Waals surface area contributed by atoms with Gasteiger partial charge in [0, 0.05) is 49.8 Å². The predicted molar refractivity (Wildman–Crippen MR) is 107 cm³/mol. The Morgan fingerprint density at radius 3 is 2.31 bits per heavy atom. The largest absolute Gasteiger partial charge is 0.369 e. The number of pyridine rings is 1. The Kier molecular flexibility index (Phi) is 5.73. The van der Waals surface area contributed by atoms with Crippen LogP contribution in [0.1, 0.15) is 24.2 Å². The Balaban J connectivity index is 1.59. The van der Waals surface area contributed by atoms with Gasteiger partial charge in [-0.25, -0.2) is 4.98 Å². The number of aromatic nitrogens is 1. The molecule has 6 nitrogen and oxygen atoms in total. The number of anilines is 3.